The first-order chi connectivity index (χ1) is 40.6. The van der Waals surface area contributed by atoms with E-state index < -0.39 is 30.3 Å². The smallest absolute Gasteiger partial charge is 0.306 e. The van der Waals surface area contributed by atoms with Crippen LogP contribution in [0.15, 0.2) is 194 Å². The van der Waals surface area contributed by atoms with Crippen molar-refractivity contribution >= 4 is 17.9 Å². The van der Waals surface area contributed by atoms with Crippen LogP contribution in [0.3, 0.4) is 0 Å². The molecule has 0 aromatic heterocycles. The monoisotopic (exact) mass is 1140 g/mol. The second-order valence-corrected chi connectivity index (χ2v) is 21.2. The predicted octanol–water partition coefficient (Wildman–Crippen LogP) is 18.1. The average Bonchev–Trinajstić information content (AvgIpc) is 3.46. The molecule has 0 aromatic rings. The molecular weight excluding hydrogens is 1030 g/mol. The van der Waals surface area contributed by atoms with Gasteiger partial charge < -0.3 is 33.3 Å². The van der Waals surface area contributed by atoms with Gasteiger partial charge in [-0.25, -0.2) is 0 Å². The number of ether oxygens (including phenoxy) is 4. The molecule has 2 atom stereocenters. The maximum atomic E-state index is 12.9. The van der Waals surface area contributed by atoms with Crippen molar-refractivity contribution in [3.63, 3.8) is 0 Å². The van der Waals surface area contributed by atoms with Crippen LogP contribution >= 0.6 is 0 Å². The molecule has 0 radical (unpaired) electrons. The Morgan fingerprint density at radius 3 is 0.988 bits per heavy atom. The van der Waals surface area contributed by atoms with Gasteiger partial charge in [-0.1, -0.05) is 234 Å². The van der Waals surface area contributed by atoms with Gasteiger partial charge in [0.05, 0.1) is 40.3 Å². The fraction of sp³-hybridized carbons (Fsp3) is 0.527. The Morgan fingerprint density at radius 1 is 0.361 bits per heavy atom. The molecule has 9 nitrogen and oxygen atoms in total. The molecule has 0 rings (SSSR count). The van der Waals surface area contributed by atoms with Crippen LogP contribution in [0.1, 0.15) is 194 Å². The van der Waals surface area contributed by atoms with E-state index in [1.54, 1.807) is 0 Å². The zero-order valence-corrected chi connectivity index (χ0v) is 52.5. The molecule has 0 fully saturated rings. The lowest BCUT2D eigenvalue weighted by atomic mass is 10.1. The molecule has 83 heavy (non-hydrogen) atoms. The summed E-state index contributed by atoms with van der Waals surface area (Å²) < 4.78 is 22.6. The fourth-order valence-electron chi connectivity index (χ4n) is 7.56. The highest BCUT2D eigenvalue weighted by molar-refractivity contribution is 5.70. The van der Waals surface area contributed by atoms with Gasteiger partial charge in [0.1, 0.15) is 13.2 Å². The van der Waals surface area contributed by atoms with E-state index in [9.17, 15) is 19.5 Å². The van der Waals surface area contributed by atoms with Crippen LogP contribution in [0.4, 0.5) is 0 Å². The number of unbranched alkanes of at least 4 members (excludes halogenated alkanes) is 8. The van der Waals surface area contributed by atoms with Crippen LogP contribution in [0.25, 0.3) is 0 Å². The molecule has 0 aromatic carbocycles. The number of nitrogens with zero attached hydrogens (tertiary/aromatic N) is 1. The molecule has 0 N–H and O–H groups in total. The van der Waals surface area contributed by atoms with Crippen LogP contribution < -0.4 is 5.11 Å². The number of carboxylic acids is 1. The zero-order valence-electron chi connectivity index (χ0n) is 52.5. The molecule has 0 saturated carbocycles. The van der Waals surface area contributed by atoms with E-state index in [1.165, 1.54) is 0 Å². The third-order valence-corrected chi connectivity index (χ3v) is 12.3. The van der Waals surface area contributed by atoms with Crippen LogP contribution in [-0.2, 0) is 33.3 Å². The number of allylic oxidation sites excluding steroid dienone is 32. The standard InChI is InChI=1S/C74H113NO8/c1-6-8-10-12-14-16-18-20-22-24-26-28-29-30-31-32-33-34-35-36-37-38-39-40-41-42-43-45-47-49-51-53-55-57-59-61-63-65-72(77)83-70(69-82-74(73(78)79)80-67-66-75(3,4)5)68-81-71(76)64-62-60-58-56-54-52-50-48-46-44-27-25-23-21-19-17-15-13-11-9-7-2/h8-11,14-17,20-23,26-28,30-31,33-34,36-37,39-40,42-44,47-50,54,56,70,74H,6-7,12-13,18-19,24-25,29,32,35,38,41,45-46,51-53,55,57-69H2,1-5H3/b10-8-,11-9-,16-14-,17-15-,22-20-,23-21-,28-26-,31-30-,34-33-,37-36-,40-39-,43-42-,44-27-,49-47-,50-48-,56-54-. The van der Waals surface area contributed by atoms with Crippen LogP contribution in [-0.4, -0.2) is 82.3 Å². The van der Waals surface area contributed by atoms with E-state index in [0.717, 1.165) is 154 Å². The summed E-state index contributed by atoms with van der Waals surface area (Å²) in [6.07, 6.45) is 93.5. The Labute approximate surface area is 506 Å². The highest BCUT2D eigenvalue weighted by atomic mass is 16.7. The van der Waals surface area contributed by atoms with E-state index in [2.05, 4.69) is 208 Å². The van der Waals surface area contributed by atoms with Gasteiger partial charge in [-0.2, -0.15) is 0 Å². The molecule has 0 aliphatic carbocycles. The van der Waals surface area contributed by atoms with Crippen molar-refractivity contribution in [2.45, 2.75) is 206 Å². The van der Waals surface area contributed by atoms with Crippen molar-refractivity contribution < 1.29 is 42.9 Å². The topological polar surface area (TPSA) is 111 Å². The quantitative estimate of drug-likeness (QED) is 0.0195. The molecule has 462 valence electrons. The molecule has 0 saturated heterocycles. The maximum Gasteiger partial charge on any atom is 0.306 e. The summed E-state index contributed by atoms with van der Waals surface area (Å²) in [6, 6.07) is 0. The van der Waals surface area contributed by atoms with E-state index in [4.69, 9.17) is 18.9 Å². The molecule has 0 heterocycles. The highest BCUT2D eigenvalue weighted by Crippen LogP contribution is 2.12. The van der Waals surface area contributed by atoms with Crippen molar-refractivity contribution in [1.29, 1.82) is 0 Å². The van der Waals surface area contributed by atoms with Gasteiger partial charge in [-0.3, -0.25) is 9.59 Å². The summed E-state index contributed by atoms with van der Waals surface area (Å²) in [5.41, 5.74) is 0. The minimum absolute atomic E-state index is 0.125. The third-order valence-electron chi connectivity index (χ3n) is 12.3. The summed E-state index contributed by atoms with van der Waals surface area (Å²) in [5, 5.41) is 11.8. The zero-order chi connectivity index (χ0) is 60.5. The Bertz CT molecular complexity index is 2060. The molecule has 0 aliphatic rings. The molecule has 0 aliphatic heterocycles. The van der Waals surface area contributed by atoms with Crippen LogP contribution in [0.2, 0.25) is 0 Å². The number of carboxylic acid groups (broad SMARTS) is 1. The van der Waals surface area contributed by atoms with E-state index in [1.807, 2.05) is 21.1 Å². The van der Waals surface area contributed by atoms with Gasteiger partial charge >= 0.3 is 11.9 Å². The normalized spacial score (nSPS) is 14.1. The van der Waals surface area contributed by atoms with Crippen molar-refractivity contribution in [2.75, 3.05) is 47.5 Å². The van der Waals surface area contributed by atoms with Gasteiger partial charge in [0.25, 0.3) is 0 Å². The summed E-state index contributed by atoms with van der Waals surface area (Å²) in [5.74, 6) is -2.39. The van der Waals surface area contributed by atoms with E-state index >= 15 is 0 Å². The Balaban J connectivity index is 4.34. The number of esters is 2. The van der Waals surface area contributed by atoms with Crippen LogP contribution in [0.5, 0.6) is 0 Å². The number of aliphatic carboxylic acids is 1. The predicted molar refractivity (Wildman–Crippen MR) is 351 cm³/mol. The lowest BCUT2D eigenvalue weighted by molar-refractivity contribution is -0.870. The number of likely N-dealkylation sites (N-methyl/N-ethyl adjacent to an activating group) is 1. The van der Waals surface area contributed by atoms with Crippen molar-refractivity contribution in [3.05, 3.63) is 194 Å². The van der Waals surface area contributed by atoms with Crippen molar-refractivity contribution in [3.8, 4) is 0 Å². The van der Waals surface area contributed by atoms with E-state index in [0.29, 0.717) is 23.9 Å². The number of carbonyl (C=O) groups excluding carboxylic acids is 3. The van der Waals surface area contributed by atoms with Crippen molar-refractivity contribution in [2.24, 2.45) is 0 Å². The molecular formula is C74H113NO8. The summed E-state index contributed by atoms with van der Waals surface area (Å²) >= 11 is 0. The SMILES string of the molecule is CC/C=C\C/C=C\C/C=C\C/C=C\C/C=C\C/C=C\C/C=C\C/C=C\C/C=C\C/C=C\CCCCCCCCC(=O)OC(COC(=O)CCCC/C=C\C/C=C\C/C=C\C/C=C\C/C=C\C/C=C\CC)COC(OCC[N+](C)(C)C)C(=O)[O-]. The summed E-state index contributed by atoms with van der Waals surface area (Å²) in [4.78, 5) is 37.4. The Hall–Kier alpha value is -5.87. The number of hydrogen-bond donors (Lipinski definition) is 0. The molecule has 2 unspecified atom stereocenters. The highest BCUT2D eigenvalue weighted by Gasteiger charge is 2.22. The summed E-state index contributed by atoms with van der Waals surface area (Å²) in [6.45, 7) is 4.41. The van der Waals surface area contributed by atoms with Gasteiger partial charge in [0, 0.05) is 12.8 Å². The third kappa shape index (κ3) is 63.6. The largest absolute Gasteiger partial charge is 0.545 e. The molecule has 0 bridgehead atoms. The van der Waals surface area contributed by atoms with E-state index in [-0.39, 0.29) is 32.7 Å². The van der Waals surface area contributed by atoms with Crippen molar-refractivity contribution in [1.82, 2.24) is 0 Å². The average molecular weight is 1140 g/mol. The Kier molecular flexibility index (Phi) is 57.8. The minimum atomic E-state index is -1.65. The molecule has 0 spiro atoms. The van der Waals surface area contributed by atoms with Gasteiger partial charge in [0.15, 0.2) is 12.4 Å². The number of carbonyl (C=O) groups is 3. The first kappa shape index (κ1) is 77.1. The first-order valence-corrected chi connectivity index (χ1v) is 31.6. The minimum Gasteiger partial charge on any atom is -0.545 e. The number of quaternary nitrogens is 1. The molecule has 9 heteroatoms. The van der Waals surface area contributed by atoms with Crippen LogP contribution in [0, 0.1) is 0 Å². The molecule has 0 amide bonds. The lowest BCUT2D eigenvalue weighted by Crippen LogP contribution is -2.44. The lowest BCUT2D eigenvalue weighted by Gasteiger charge is -2.26. The Morgan fingerprint density at radius 2 is 0.651 bits per heavy atom. The fourth-order valence-corrected chi connectivity index (χ4v) is 7.56. The number of hydrogen-bond acceptors (Lipinski definition) is 8. The second kappa shape index (κ2) is 62.2. The first-order valence-electron chi connectivity index (χ1n) is 31.6. The maximum absolute atomic E-state index is 12.9. The van der Waals surface area contributed by atoms with Gasteiger partial charge in [-0.05, 0) is 141 Å². The van der Waals surface area contributed by atoms with Gasteiger partial charge in [-0.15, -0.1) is 0 Å². The van der Waals surface area contributed by atoms with Gasteiger partial charge in [0.2, 0.25) is 0 Å². The summed E-state index contributed by atoms with van der Waals surface area (Å²) in [7, 11) is 5.89. The second-order valence-electron chi connectivity index (χ2n) is 21.2. The number of rotatable bonds is 55.